The summed E-state index contributed by atoms with van der Waals surface area (Å²) in [5, 5.41) is 2.08. The summed E-state index contributed by atoms with van der Waals surface area (Å²) in [4.78, 5) is 15.2. The molecule has 5 nitrogen and oxygen atoms in total. The van der Waals surface area contributed by atoms with Crippen molar-refractivity contribution in [2.75, 3.05) is 13.1 Å². The van der Waals surface area contributed by atoms with Gasteiger partial charge in [-0.15, -0.1) is 11.3 Å². The Hall–Kier alpha value is -1.11. The molecular weight excluding hydrogens is 286 g/mol. The normalized spacial score (nSPS) is 20.6. The number of rotatable bonds is 3. The highest BCUT2D eigenvalue weighted by Gasteiger charge is 2.34. The van der Waals surface area contributed by atoms with Crippen LogP contribution in [0.1, 0.15) is 43.7 Å². The van der Waals surface area contributed by atoms with Crippen molar-refractivity contribution in [2.45, 2.75) is 45.8 Å². The number of thiophene rings is 1. The van der Waals surface area contributed by atoms with Crippen molar-refractivity contribution in [1.82, 2.24) is 10.3 Å². The van der Waals surface area contributed by atoms with E-state index in [1.54, 1.807) is 16.2 Å². The smallest absolute Gasteiger partial charge is 0.410 e. The molecular formula is C15H25N3O2S. The van der Waals surface area contributed by atoms with Crippen LogP contribution >= 0.6 is 11.3 Å². The van der Waals surface area contributed by atoms with Gasteiger partial charge in [-0.3, -0.25) is 11.3 Å². The Bertz CT molecular complexity index is 495. The third-order valence-electron chi connectivity index (χ3n) is 3.76. The van der Waals surface area contributed by atoms with Gasteiger partial charge in [-0.2, -0.15) is 0 Å². The maximum absolute atomic E-state index is 12.1. The van der Waals surface area contributed by atoms with E-state index in [4.69, 9.17) is 10.6 Å². The molecule has 1 saturated heterocycles. The number of ether oxygens (including phenoxy) is 1. The predicted molar refractivity (Wildman–Crippen MR) is 85.0 cm³/mol. The summed E-state index contributed by atoms with van der Waals surface area (Å²) >= 11 is 1.72. The minimum atomic E-state index is -0.454. The van der Waals surface area contributed by atoms with Crippen molar-refractivity contribution in [1.29, 1.82) is 0 Å². The number of hydrazine groups is 1. The van der Waals surface area contributed by atoms with E-state index in [1.807, 2.05) is 20.8 Å². The van der Waals surface area contributed by atoms with E-state index in [1.165, 1.54) is 10.4 Å². The van der Waals surface area contributed by atoms with Gasteiger partial charge in [0.1, 0.15) is 5.60 Å². The SMILES string of the molecule is Cc1sccc1C(NN)C1CCN(C(=O)OC(C)(C)C)C1. The number of aryl methyl sites for hydroxylation is 1. The van der Waals surface area contributed by atoms with E-state index in [0.717, 1.165) is 13.0 Å². The van der Waals surface area contributed by atoms with E-state index in [9.17, 15) is 4.79 Å². The molecule has 2 heterocycles. The molecule has 1 amide bonds. The number of amides is 1. The summed E-state index contributed by atoms with van der Waals surface area (Å²) in [6.07, 6.45) is 0.700. The third kappa shape index (κ3) is 3.96. The lowest BCUT2D eigenvalue weighted by Crippen LogP contribution is -2.38. The fourth-order valence-corrected chi connectivity index (χ4v) is 3.50. The van der Waals surface area contributed by atoms with Crippen LogP contribution in [0, 0.1) is 12.8 Å². The van der Waals surface area contributed by atoms with Gasteiger partial charge in [0.2, 0.25) is 0 Å². The summed E-state index contributed by atoms with van der Waals surface area (Å²) < 4.78 is 5.44. The van der Waals surface area contributed by atoms with Crippen LogP contribution in [0.2, 0.25) is 0 Å². The first-order chi connectivity index (χ1) is 9.81. The molecule has 1 aromatic rings. The molecule has 0 saturated carbocycles. The number of nitrogens with zero attached hydrogens (tertiary/aromatic N) is 1. The lowest BCUT2D eigenvalue weighted by Gasteiger charge is -2.26. The zero-order valence-electron chi connectivity index (χ0n) is 13.2. The van der Waals surface area contributed by atoms with Crippen molar-refractivity contribution < 1.29 is 9.53 Å². The molecule has 2 atom stereocenters. The van der Waals surface area contributed by atoms with Gasteiger partial charge >= 0.3 is 6.09 Å². The average Bonchev–Trinajstić information content (AvgIpc) is 2.99. The molecule has 1 aliphatic heterocycles. The van der Waals surface area contributed by atoms with Crippen LogP contribution < -0.4 is 11.3 Å². The van der Waals surface area contributed by atoms with E-state index >= 15 is 0 Å². The third-order valence-corrected chi connectivity index (χ3v) is 4.62. The highest BCUT2D eigenvalue weighted by molar-refractivity contribution is 7.10. The van der Waals surface area contributed by atoms with Gasteiger partial charge in [-0.1, -0.05) is 0 Å². The summed E-state index contributed by atoms with van der Waals surface area (Å²) in [7, 11) is 0. The second-order valence-corrected chi connectivity index (χ2v) is 7.67. The minimum Gasteiger partial charge on any atom is -0.444 e. The summed E-state index contributed by atoms with van der Waals surface area (Å²) in [5.74, 6) is 6.07. The van der Waals surface area contributed by atoms with Crippen molar-refractivity contribution in [3.63, 3.8) is 0 Å². The highest BCUT2D eigenvalue weighted by atomic mass is 32.1. The van der Waals surface area contributed by atoms with Gasteiger partial charge in [-0.25, -0.2) is 4.79 Å². The lowest BCUT2D eigenvalue weighted by molar-refractivity contribution is 0.0285. The molecule has 0 aliphatic carbocycles. The number of likely N-dealkylation sites (tertiary alicyclic amines) is 1. The van der Waals surface area contributed by atoms with E-state index in [0.29, 0.717) is 12.5 Å². The Kier molecular flexibility index (Phi) is 4.91. The molecule has 0 radical (unpaired) electrons. The topological polar surface area (TPSA) is 67.6 Å². The minimum absolute atomic E-state index is 0.0867. The Morgan fingerprint density at radius 2 is 2.29 bits per heavy atom. The van der Waals surface area contributed by atoms with E-state index < -0.39 is 5.60 Å². The number of carbonyl (C=O) groups excluding carboxylic acids is 1. The van der Waals surface area contributed by atoms with E-state index in [2.05, 4.69) is 23.8 Å². The van der Waals surface area contributed by atoms with Crippen LogP contribution in [0.15, 0.2) is 11.4 Å². The first kappa shape index (κ1) is 16.3. The molecule has 0 aromatic carbocycles. The van der Waals surface area contributed by atoms with Crippen molar-refractivity contribution in [2.24, 2.45) is 11.8 Å². The van der Waals surface area contributed by atoms with Gasteiger partial charge in [0, 0.05) is 18.0 Å². The molecule has 6 heteroatoms. The van der Waals surface area contributed by atoms with Crippen LogP contribution in [0.3, 0.4) is 0 Å². The molecule has 1 fully saturated rings. The van der Waals surface area contributed by atoms with Crippen LogP contribution in [-0.4, -0.2) is 29.7 Å². The fourth-order valence-electron chi connectivity index (χ4n) is 2.75. The molecule has 2 rings (SSSR count). The summed E-state index contributed by atoms with van der Waals surface area (Å²) in [6.45, 7) is 9.16. The van der Waals surface area contributed by atoms with Gasteiger partial charge < -0.3 is 9.64 Å². The van der Waals surface area contributed by atoms with Crippen LogP contribution in [0.4, 0.5) is 4.79 Å². The molecule has 1 aliphatic rings. The van der Waals surface area contributed by atoms with Crippen LogP contribution in [-0.2, 0) is 4.74 Å². The Labute approximate surface area is 130 Å². The molecule has 3 N–H and O–H groups in total. The average molecular weight is 311 g/mol. The van der Waals surface area contributed by atoms with Crippen molar-refractivity contribution in [3.05, 3.63) is 21.9 Å². The molecule has 21 heavy (non-hydrogen) atoms. The largest absolute Gasteiger partial charge is 0.444 e. The zero-order chi connectivity index (χ0) is 15.6. The van der Waals surface area contributed by atoms with Crippen molar-refractivity contribution in [3.8, 4) is 0 Å². The van der Waals surface area contributed by atoms with Crippen LogP contribution in [0.25, 0.3) is 0 Å². The van der Waals surface area contributed by atoms with Crippen LogP contribution in [0.5, 0.6) is 0 Å². The zero-order valence-corrected chi connectivity index (χ0v) is 14.0. The number of carbonyl (C=O) groups is 1. The Balaban J connectivity index is 2.01. The maximum Gasteiger partial charge on any atom is 0.410 e. The molecule has 1 aromatic heterocycles. The second-order valence-electron chi connectivity index (χ2n) is 6.55. The van der Waals surface area contributed by atoms with Gasteiger partial charge in [0.05, 0.1) is 6.04 Å². The molecule has 118 valence electrons. The second kappa shape index (κ2) is 6.34. The number of nitrogens with two attached hydrogens (primary N) is 1. The van der Waals surface area contributed by atoms with Gasteiger partial charge in [0.25, 0.3) is 0 Å². The standard InChI is InChI=1S/C15H25N3O2S/c1-10-12(6-8-21-10)13(17-16)11-5-7-18(9-11)14(19)20-15(2,3)4/h6,8,11,13,17H,5,7,9,16H2,1-4H3. The Morgan fingerprint density at radius 3 is 2.81 bits per heavy atom. The molecule has 0 spiro atoms. The lowest BCUT2D eigenvalue weighted by atomic mass is 9.93. The number of hydrogen-bond acceptors (Lipinski definition) is 5. The first-order valence-electron chi connectivity index (χ1n) is 7.30. The highest BCUT2D eigenvalue weighted by Crippen LogP contribution is 2.33. The monoisotopic (exact) mass is 311 g/mol. The van der Waals surface area contributed by atoms with Crippen molar-refractivity contribution >= 4 is 17.4 Å². The summed E-state index contributed by atoms with van der Waals surface area (Å²) in [6, 6.07) is 2.20. The Morgan fingerprint density at radius 1 is 1.57 bits per heavy atom. The predicted octanol–water partition coefficient (Wildman–Crippen LogP) is 2.82. The van der Waals surface area contributed by atoms with Gasteiger partial charge in [-0.05, 0) is 57.0 Å². The van der Waals surface area contributed by atoms with Gasteiger partial charge in [0.15, 0.2) is 0 Å². The molecule has 2 unspecified atom stereocenters. The summed E-state index contributed by atoms with van der Waals surface area (Å²) in [5.41, 5.74) is 3.70. The fraction of sp³-hybridized carbons (Fsp3) is 0.667. The van der Waals surface area contributed by atoms with E-state index in [-0.39, 0.29) is 12.1 Å². The maximum atomic E-state index is 12.1. The first-order valence-corrected chi connectivity index (χ1v) is 8.18. The molecule has 0 bridgehead atoms. The number of hydrogen-bond donors (Lipinski definition) is 2. The quantitative estimate of drug-likeness (QED) is 0.665. The number of nitrogens with one attached hydrogen (secondary N) is 1.